The molecule has 0 aromatic rings. The molecule has 2 amide bonds. The molecule has 0 radical (unpaired) electrons. The van der Waals surface area contributed by atoms with Gasteiger partial charge in [0.15, 0.2) is 0 Å². The number of carboxylic acids is 1. The molecule has 1 aliphatic rings. The van der Waals surface area contributed by atoms with E-state index in [1.807, 2.05) is 0 Å². The molecule has 0 spiro atoms. The minimum absolute atomic E-state index is 0.0252. The number of amides is 2. The van der Waals surface area contributed by atoms with Crippen LogP contribution in [0.4, 0.5) is 4.79 Å². The Morgan fingerprint density at radius 3 is 2.61 bits per heavy atom. The number of rotatable bonds is 4. The highest BCUT2D eigenvalue weighted by atomic mass is 16.4. The number of urea groups is 1. The number of likely N-dealkylation sites (tertiary alicyclic amines) is 1. The zero-order valence-corrected chi connectivity index (χ0v) is 11.5. The largest absolute Gasteiger partial charge is 0.481 e. The van der Waals surface area contributed by atoms with Crippen molar-refractivity contribution in [3.8, 4) is 0 Å². The third-order valence-corrected chi connectivity index (χ3v) is 3.11. The van der Waals surface area contributed by atoms with Gasteiger partial charge in [-0.2, -0.15) is 0 Å². The summed E-state index contributed by atoms with van der Waals surface area (Å²) >= 11 is 0. The maximum atomic E-state index is 11.9. The summed E-state index contributed by atoms with van der Waals surface area (Å²) in [6.07, 6.45) is 1.77. The number of hydrogen-bond donors (Lipinski definition) is 2. The number of aliphatic carboxylic acids is 1. The number of nitrogens with zero attached hydrogens (tertiary/aromatic N) is 1. The maximum absolute atomic E-state index is 11.9. The molecular formula is C13H24N2O3. The van der Waals surface area contributed by atoms with E-state index in [2.05, 4.69) is 26.1 Å². The minimum atomic E-state index is -0.759. The van der Waals surface area contributed by atoms with Crippen molar-refractivity contribution < 1.29 is 14.7 Å². The fourth-order valence-corrected chi connectivity index (χ4v) is 2.03. The number of nitrogens with one attached hydrogen (secondary N) is 1. The fourth-order valence-electron chi connectivity index (χ4n) is 2.03. The zero-order valence-electron chi connectivity index (χ0n) is 11.5. The number of hydrogen-bond acceptors (Lipinski definition) is 2. The summed E-state index contributed by atoms with van der Waals surface area (Å²) in [5, 5.41) is 11.6. The second kappa shape index (κ2) is 6.07. The van der Waals surface area contributed by atoms with E-state index in [4.69, 9.17) is 5.11 Å². The highest BCUT2D eigenvalue weighted by molar-refractivity contribution is 5.74. The molecule has 1 atom stereocenters. The van der Waals surface area contributed by atoms with Crippen LogP contribution >= 0.6 is 0 Å². The van der Waals surface area contributed by atoms with Crippen molar-refractivity contribution in [3.63, 3.8) is 0 Å². The Kier molecular flexibility index (Phi) is 4.99. The molecule has 0 aliphatic carbocycles. The van der Waals surface area contributed by atoms with Crippen LogP contribution in [0.1, 0.15) is 40.0 Å². The molecule has 2 N–H and O–H groups in total. The van der Waals surface area contributed by atoms with Crippen LogP contribution in [0.5, 0.6) is 0 Å². The van der Waals surface area contributed by atoms with Crippen LogP contribution in [0.15, 0.2) is 0 Å². The van der Waals surface area contributed by atoms with Crippen molar-refractivity contribution in [1.29, 1.82) is 0 Å². The Labute approximate surface area is 109 Å². The Morgan fingerprint density at radius 1 is 1.39 bits per heavy atom. The third-order valence-electron chi connectivity index (χ3n) is 3.11. The third kappa shape index (κ3) is 5.38. The molecule has 0 saturated carbocycles. The molecule has 5 nitrogen and oxygen atoms in total. The summed E-state index contributed by atoms with van der Waals surface area (Å²) in [5.74, 6) is -0.424. The lowest BCUT2D eigenvalue weighted by Crippen LogP contribution is -2.41. The average molecular weight is 256 g/mol. The first-order valence-electron chi connectivity index (χ1n) is 6.52. The summed E-state index contributed by atoms with van der Waals surface area (Å²) in [5.41, 5.74) is 0.0814. The monoisotopic (exact) mass is 256 g/mol. The highest BCUT2D eigenvalue weighted by Gasteiger charge is 2.26. The van der Waals surface area contributed by atoms with Gasteiger partial charge in [0.05, 0.1) is 0 Å². The first kappa shape index (κ1) is 14.8. The van der Waals surface area contributed by atoms with E-state index < -0.39 is 5.97 Å². The molecule has 1 fully saturated rings. The van der Waals surface area contributed by atoms with Crippen LogP contribution in [0.3, 0.4) is 0 Å². The predicted molar refractivity (Wildman–Crippen MR) is 69.4 cm³/mol. The fraction of sp³-hybridized carbons (Fsp3) is 0.846. The summed E-state index contributed by atoms with van der Waals surface area (Å²) in [6.45, 7) is 8.30. The van der Waals surface area contributed by atoms with Crippen molar-refractivity contribution in [2.75, 3.05) is 19.6 Å². The van der Waals surface area contributed by atoms with Gasteiger partial charge in [0.1, 0.15) is 0 Å². The van der Waals surface area contributed by atoms with Gasteiger partial charge in [-0.25, -0.2) is 4.79 Å². The van der Waals surface area contributed by atoms with Gasteiger partial charge in [-0.1, -0.05) is 20.8 Å². The van der Waals surface area contributed by atoms with E-state index in [0.717, 1.165) is 13.0 Å². The molecule has 0 aromatic heterocycles. The van der Waals surface area contributed by atoms with Gasteiger partial charge in [-0.15, -0.1) is 0 Å². The van der Waals surface area contributed by atoms with Gasteiger partial charge in [-0.3, -0.25) is 4.79 Å². The Morgan fingerprint density at radius 2 is 2.06 bits per heavy atom. The second-order valence-electron chi connectivity index (χ2n) is 6.25. The first-order valence-corrected chi connectivity index (χ1v) is 6.52. The lowest BCUT2D eigenvalue weighted by atomic mass is 9.97. The topological polar surface area (TPSA) is 69.6 Å². The molecule has 5 heteroatoms. The van der Waals surface area contributed by atoms with E-state index in [-0.39, 0.29) is 17.9 Å². The molecule has 0 bridgehead atoms. The predicted octanol–water partition coefficient (Wildman–Crippen LogP) is 1.93. The Bertz CT molecular complexity index is 310. The van der Waals surface area contributed by atoms with Gasteiger partial charge in [0, 0.05) is 26.1 Å². The normalized spacial score (nSPS) is 19.9. The smallest absolute Gasteiger partial charge is 0.317 e. The number of carbonyl (C=O) groups is 2. The standard InChI is InChI=1S/C13H24N2O3/c1-13(2,3)9-14-12(18)15-7-6-10(8-15)4-5-11(16)17/h10H,4-9H2,1-3H3,(H,14,18)(H,16,17). The number of carboxylic acid groups (broad SMARTS) is 1. The quantitative estimate of drug-likeness (QED) is 0.807. The van der Waals surface area contributed by atoms with Gasteiger partial charge >= 0.3 is 12.0 Å². The van der Waals surface area contributed by atoms with Crippen LogP contribution in [0.2, 0.25) is 0 Å². The molecule has 1 aliphatic heterocycles. The molecule has 0 aromatic carbocycles. The molecule has 1 heterocycles. The van der Waals surface area contributed by atoms with Crippen molar-refractivity contribution in [3.05, 3.63) is 0 Å². The summed E-state index contributed by atoms with van der Waals surface area (Å²) in [7, 11) is 0. The van der Waals surface area contributed by atoms with E-state index in [0.29, 0.717) is 25.4 Å². The van der Waals surface area contributed by atoms with Crippen molar-refractivity contribution >= 4 is 12.0 Å². The lowest BCUT2D eigenvalue weighted by molar-refractivity contribution is -0.137. The van der Waals surface area contributed by atoms with Crippen LogP contribution in [-0.4, -0.2) is 41.6 Å². The van der Waals surface area contributed by atoms with Crippen LogP contribution < -0.4 is 5.32 Å². The van der Waals surface area contributed by atoms with Crippen molar-refractivity contribution in [1.82, 2.24) is 10.2 Å². The maximum Gasteiger partial charge on any atom is 0.317 e. The minimum Gasteiger partial charge on any atom is -0.481 e. The summed E-state index contributed by atoms with van der Waals surface area (Å²) in [6, 6.07) is -0.0252. The Balaban J connectivity index is 2.28. The second-order valence-corrected chi connectivity index (χ2v) is 6.25. The molecule has 1 saturated heterocycles. The molecule has 104 valence electrons. The van der Waals surface area contributed by atoms with E-state index >= 15 is 0 Å². The molecule has 1 rings (SSSR count). The van der Waals surface area contributed by atoms with E-state index in [1.54, 1.807) is 4.90 Å². The summed E-state index contributed by atoms with van der Waals surface area (Å²) in [4.78, 5) is 24.2. The number of carbonyl (C=O) groups excluding carboxylic acids is 1. The van der Waals surface area contributed by atoms with Gasteiger partial charge in [-0.05, 0) is 24.2 Å². The van der Waals surface area contributed by atoms with Gasteiger partial charge in [0.2, 0.25) is 0 Å². The molecule has 1 unspecified atom stereocenters. The first-order chi connectivity index (χ1) is 8.28. The Hall–Kier alpha value is -1.26. The van der Waals surface area contributed by atoms with Gasteiger partial charge in [0.25, 0.3) is 0 Å². The molecule has 18 heavy (non-hydrogen) atoms. The van der Waals surface area contributed by atoms with Crippen molar-refractivity contribution in [2.45, 2.75) is 40.0 Å². The average Bonchev–Trinajstić information content (AvgIpc) is 2.70. The zero-order chi connectivity index (χ0) is 13.8. The van der Waals surface area contributed by atoms with Crippen LogP contribution in [0.25, 0.3) is 0 Å². The van der Waals surface area contributed by atoms with Crippen LogP contribution in [-0.2, 0) is 4.79 Å². The highest BCUT2D eigenvalue weighted by Crippen LogP contribution is 2.21. The SMILES string of the molecule is CC(C)(C)CNC(=O)N1CCC(CCC(=O)O)C1. The summed E-state index contributed by atoms with van der Waals surface area (Å²) < 4.78 is 0. The van der Waals surface area contributed by atoms with Crippen LogP contribution in [0, 0.1) is 11.3 Å². The van der Waals surface area contributed by atoms with E-state index in [1.165, 1.54) is 0 Å². The van der Waals surface area contributed by atoms with Crippen molar-refractivity contribution in [2.24, 2.45) is 11.3 Å². The molecular weight excluding hydrogens is 232 g/mol. The van der Waals surface area contributed by atoms with E-state index in [9.17, 15) is 9.59 Å². The van der Waals surface area contributed by atoms with Gasteiger partial charge < -0.3 is 15.3 Å². The lowest BCUT2D eigenvalue weighted by Gasteiger charge is -2.22.